The maximum atomic E-state index is 6.10. The Balaban J connectivity index is 1.91. The van der Waals surface area contributed by atoms with Crippen molar-refractivity contribution in [3.8, 4) is 5.75 Å². The quantitative estimate of drug-likeness (QED) is 0.766. The average molecular weight is 266 g/mol. The van der Waals surface area contributed by atoms with Crippen LogP contribution in [0.4, 0.5) is 0 Å². The lowest BCUT2D eigenvalue weighted by Crippen LogP contribution is -2.07. The van der Waals surface area contributed by atoms with Crippen molar-refractivity contribution < 1.29 is 4.74 Å². The Bertz CT molecular complexity index is 692. The molecule has 20 heavy (non-hydrogen) atoms. The van der Waals surface area contributed by atoms with Crippen LogP contribution in [0.25, 0.3) is 11.0 Å². The van der Waals surface area contributed by atoms with Crippen molar-refractivity contribution in [1.82, 2.24) is 9.97 Å². The van der Waals surface area contributed by atoms with Crippen molar-refractivity contribution in [3.63, 3.8) is 0 Å². The number of aromatic amines is 1. The summed E-state index contributed by atoms with van der Waals surface area (Å²) in [5.41, 5.74) is 4.31. The molecular formula is C17H18N2O. The van der Waals surface area contributed by atoms with E-state index in [0.29, 0.717) is 0 Å². The molecule has 3 aromatic rings. The molecule has 1 N–H and O–H groups in total. The number of benzene rings is 2. The monoisotopic (exact) mass is 266 g/mol. The number of aromatic nitrogens is 2. The zero-order valence-electron chi connectivity index (χ0n) is 12.0. The molecule has 3 nitrogen and oxygen atoms in total. The van der Waals surface area contributed by atoms with Crippen LogP contribution in [-0.2, 0) is 0 Å². The Hall–Kier alpha value is -2.29. The van der Waals surface area contributed by atoms with Gasteiger partial charge in [-0.15, -0.1) is 0 Å². The molecule has 0 radical (unpaired) electrons. The van der Waals surface area contributed by atoms with Crippen molar-refractivity contribution >= 4 is 11.0 Å². The molecule has 0 fully saturated rings. The fraction of sp³-hybridized carbons (Fsp3) is 0.235. The van der Waals surface area contributed by atoms with Crippen LogP contribution in [0, 0.1) is 13.8 Å². The van der Waals surface area contributed by atoms with Crippen molar-refractivity contribution in [1.29, 1.82) is 0 Å². The second-order valence-corrected chi connectivity index (χ2v) is 5.12. The van der Waals surface area contributed by atoms with E-state index in [1.165, 1.54) is 0 Å². The zero-order chi connectivity index (χ0) is 14.1. The molecule has 0 saturated carbocycles. The molecule has 0 spiro atoms. The van der Waals surface area contributed by atoms with Gasteiger partial charge in [-0.05, 0) is 44.0 Å². The number of aryl methyl sites for hydroxylation is 2. The number of rotatable bonds is 3. The summed E-state index contributed by atoms with van der Waals surface area (Å²) in [4.78, 5) is 7.91. The molecule has 102 valence electrons. The van der Waals surface area contributed by atoms with E-state index in [9.17, 15) is 0 Å². The molecule has 0 aliphatic heterocycles. The molecule has 0 saturated heterocycles. The standard InChI is InChI=1S/C17H18N2O/c1-11-7-6-8-12(2)16(11)20-13(3)17-18-14-9-4-5-10-15(14)19-17/h4-10,13H,1-3H3,(H,18,19)/t13-/m1/s1. The van der Waals surface area contributed by atoms with E-state index in [2.05, 4.69) is 35.9 Å². The van der Waals surface area contributed by atoms with Crippen LogP contribution in [0.3, 0.4) is 0 Å². The van der Waals surface area contributed by atoms with E-state index in [-0.39, 0.29) is 6.10 Å². The lowest BCUT2D eigenvalue weighted by molar-refractivity contribution is 0.215. The number of imidazole rings is 1. The largest absolute Gasteiger partial charge is 0.482 e. The Labute approximate surface area is 118 Å². The Morgan fingerprint density at radius 1 is 1.00 bits per heavy atom. The van der Waals surface area contributed by atoms with E-state index < -0.39 is 0 Å². The first-order valence-electron chi connectivity index (χ1n) is 6.82. The van der Waals surface area contributed by atoms with Gasteiger partial charge in [-0.1, -0.05) is 30.3 Å². The van der Waals surface area contributed by atoms with E-state index in [1.54, 1.807) is 0 Å². The number of nitrogens with one attached hydrogen (secondary N) is 1. The van der Waals surface area contributed by atoms with Crippen molar-refractivity contribution in [2.24, 2.45) is 0 Å². The molecule has 3 heteroatoms. The second-order valence-electron chi connectivity index (χ2n) is 5.12. The number of para-hydroxylation sites is 3. The Morgan fingerprint density at radius 2 is 1.70 bits per heavy atom. The van der Waals surface area contributed by atoms with Crippen LogP contribution in [0.15, 0.2) is 42.5 Å². The fourth-order valence-corrected chi connectivity index (χ4v) is 2.38. The lowest BCUT2D eigenvalue weighted by Gasteiger charge is -2.16. The maximum Gasteiger partial charge on any atom is 0.153 e. The van der Waals surface area contributed by atoms with Crippen molar-refractivity contribution in [2.75, 3.05) is 0 Å². The van der Waals surface area contributed by atoms with Gasteiger partial charge < -0.3 is 9.72 Å². The van der Waals surface area contributed by atoms with Crippen LogP contribution >= 0.6 is 0 Å². The van der Waals surface area contributed by atoms with Crippen LogP contribution in [0.2, 0.25) is 0 Å². The maximum absolute atomic E-state index is 6.10. The van der Waals surface area contributed by atoms with Gasteiger partial charge in [0.25, 0.3) is 0 Å². The summed E-state index contributed by atoms with van der Waals surface area (Å²) in [5.74, 6) is 1.80. The Morgan fingerprint density at radius 3 is 2.40 bits per heavy atom. The molecule has 0 unspecified atom stereocenters. The van der Waals surface area contributed by atoms with Crippen LogP contribution in [-0.4, -0.2) is 9.97 Å². The van der Waals surface area contributed by atoms with Crippen molar-refractivity contribution in [2.45, 2.75) is 26.9 Å². The van der Waals surface area contributed by atoms with Gasteiger partial charge in [0.2, 0.25) is 0 Å². The number of nitrogens with zero attached hydrogens (tertiary/aromatic N) is 1. The molecule has 1 aromatic heterocycles. The first-order valence-corrected chi connectivity index (χ1v) is 6.82. The summed E-state index contributed by atoms with van der Waals surface area (Å²) >= 11 is 0. The first kappa shape index (κ1) is 12.7. The highest BCUT2D eigenvalue weighted by atomic mass is 16.5. The topological polar surface area (TPSA) is 37.9 Å². The number of H-pyrrole nitrogens is 1. The molecule has 1 atom stereocenters. The molecule has 0 aliphatic carbocycles. The summed E-state index contributed by atoms with van der Waals surface area (Å²) in [6.07, 6.45) is -0.109. The number of fused-ring (bicyclic) bond motifs is 1. The minimum atomic E-state index is -0.109. The predicted octanol–water partition coefficient (Wildman–Crippen LogP) is 4.32. The lowest BCUT2D eigenvalue weighted by atomic mass is 10.1. The van der Waals surface area contributed by atoms with Crippen LogP contribution in [0.5, 0.6) is 5.75 Å². The molecule has 1 heterocycles. The van der Waals surface area contributed by atoms with Crippen molar-refractivity contribution in [3.05, 3.63) is 59.4 Å². The molecular weight excluding hydrogens is 248 g/mol. The summed E-state index contributed by atoms with van der Waals surface area (Å²) in [5, 5.41) is 0. The summed E-state index contributed by atoms with van der Waals surface area (Å²) in [6, 6.07) is 14.2. The van der Waals surface area contributed by atoms with Crippen LogP contribution < -0.4 is 4.74 Å². The predicted molar refractivity (Wildman–Crippen MR) is 81.1 cm³/mol. The fourth-order valence-electron chi connectivity index (χ4n) is 2.38. The average Bonchev–Trinajstić information content (AvgIpc) is 2.87. The van der Waals surface area contributed by atoms with Gasteiger partial charge in [-0.25, -0.2) is 4.98 Å². The van der Waals surface area contributed by atoms with E-state index in [4.69, 9.17) is 4.74 Å². The molecule has 0 amide bonds. The molecule has 0 bridgehead atoms. The van der Waals surface area contributed by atoms with Crippen LogP contribution in [0.1, 0.15) is 30.0 Å². The SMILES string of the molecule is Cc1cccc(C)c1O[C@H](C)c1nc2ccccc2[nH]1. The third-order valence-electron chi connectivity index (χ3n) is 3.50. The molecule has 2 aromatic carbocycles. The number of hydrogen-bond acceptors (Lipinski definition) is 2. The van der Waals surface area contributed by atoms with E-state index in [1.807, 2.05) is 37.3 Å². The number of hydrogen-bond donors (Lipinski definition) is 1. The van der Waals surface area contributed by atoms with Gasteiger partial charge in [0.05, 0.1) is 11.0 Å². The third-order valence-corrected chi connectivity index (χ3v) is 3.50. The second kappa shape index (κ2) is 5.00. The highest BCUT2D eigenvalue weighted by molar-refractivity contribution is 5.74. The van der Waals surface area contributed by atoms with Gasteiger partial charge in [0.1, 0.15) is 11.6 Å². The van der Waals surface area contributed by atoms with Gasteiger partial charge in [0.15, 0.2) is 6.10 Å². The van der Waals surface area contributed by atoms with E-state index >= 15 is 0 Å². The smallest absolute Gasteiger partial charge is 0.153 e. The summed E-state index contributed by atoms with van der Waals surface area (Å²) < 4.78 is 6.10. The highest BCUT2D eigenvalue weighted by Crippen LogP contribution is 2.28. The zero-order valence-corrected chi connectivity index (χ0v) is 12.0. The summed E-state index contributed by atoms with van der Waals surface area (Å²) in [6.45, 7) is 6.14. The normalized spacial score (nSPS) is 12.6. The van der Waals surface area contributed by atoms with Gasteiger partial charge >= 0.3 is 0 Å². The highest BCUT2D eigenvalue weighted by Gasteiger charge is 2.14. The third kappa shape index (κ3) is 2.27. The van der Waals surface area contributed by atoms with E-state index in [0.717, 1.165) is 33.7 Å². The Kier molecular flexibility index (Phi) is 3.18. The summed E-state index contributed by atoms with van der Waals surface area (Å²) in [7, 11) is 0. The number of ether oxygens (including phenoxy) is 1. The van der Waals surface area contributed by atoms with Gasteiger partial charge in [-0.2, -0.15) is 0 Å². The minimum Gasteiger partial charge on any atom is -0.482 e. The van der Waals surface area contributed by atoms with Gasteiger partial charge in [0, 0.05) is 0 Å². The minimum absolute atomic E-state index is 0.109. The van der Waals surface area contributed by atoms with Gasteiger partial charge in [-0.3, -0.25) is 0 Å². The molecule has 3 rings (SSSR count). The molecule has 0 aliphatic rings. The first-order chi connectivity index (χ1) is 9.65.